The molecule has 4 aliphatic rings. The number of fused-ring (bicyclic) bond motifs is 4. The van der Waals surface area contributed by atoms with Gasteiger partial charge < -0.3 is 23.5 Å². The molecule has 4 fully saturated rings. The summed E-state index contributed by atoms with van der Waals surface area (Å²) in [6.45, 7) is 3.58. The maximum atomic E-state index is 13.6. The van der Waals surface area contributed by atoms with Crippen LogP contribution in [0.4, 0.5) is 0 Å². The van der Waals surface area contributed by atoms with E-state index in [4.69, 9.17) is 14.5 Å². The average molecular weight is 531 g/mol. The normalized spacial score (nSPS) is 24.9. The van der Waals surface area contributed by atoms with Gasteiger partial charge in [0.15, 0.2) is 5.82 Å². The van der Waals surface area contributed by atoms with E-state index in [0.29, 0.717) is 29.2 Å². The molecule has 2 aliphatic carbocycles. The fourth-order valence-electron chi connectivity index (χ4n) is 7.26. The maximum absolute atomic E-state index is 13.6. The van der Waals surface area contributed by atoms with E-state index in [1.807, 2.05) is 23.5 Å². The molecule has 1 unspecified atom stereocenters. The Morgan fingerprint density at radius 2 is 2.05 bits per heavy atom. The molecule has 2 aliphatic heterocycles. The molecule has 1 aromatic carbocycles. The monoisotopic (exact) mass is 530 g/mol. The van der Waals surface area contributed by atoms with Crippen molar-refractivity contribution in [3.8, 4) is 17.3 Å². The summed E-state index contributed by atoms with van der Waals surface area (Å²) in [5.74, 6) is 3.64. The van der Waals surface area contributed by atoms with Gasteiger partial charge in [0.25, 0.3) is 5.91 Å². The number of hydrogen-bond acceptors (Lipinski definition) is 5. The van der Waals surface area contributed by atoms with Crippen molar-refractivity contribution in [1.29, 1.82) is 0 Å². The summed E-state index contributed by atoms with van der Waals surface area (Å²) in [6.07, 6.45) is 7.23. The SMILES string of the molecule is COc1cc(C(=O)N2C[C@H]3CC[C@@H]2C3)cc2nc(-c3cc4scc(C5CCOC5)c4n3CC3CC3)n(C)c12. The number of aromatic nitrogens is 3. The smallest absolute Gasteiger partial charge is 0.254 e. The molecule has 4 aromatic rings. The zero-order chi connectivity index (χ0) is 25.5. The van der Waals surface area contributed by atoms with Crippen molar-refractivity contribution in [1.82, 2.24) is 19.0 Å². The summed E-state index contributed by atoms with van der Waals surface area (Å²) < 4.78 is 17.6. The maximum Gasteiger partial charge on any atom is 0.254 e. The van der Waals surface area contributed by atoms with E-state index in [2.05, 4.69) is 32.5 Å². The average Bonchev–Trinajstić information content (AvgIpc) is 3.54. The van der Waals surface area contributed by atoms with Crippen LogP contribution in [0.1, 0.15) is 60.4 Å². The molecule has 198 valence electrons. The van der Waals surface area contributed by atoms with Gasteiger partial charge in [-0.1, -0.05) is 0 Å². The largest absolute Gasteiger partial charge is 0.494 e. The van der Waals surface area contributed by atoms with E-state index in [1.165, 1.54) is 35.0 Å². The highest BCUT2D eigenvalue weighted by molar-refractivity contribution is 7.17. The lowest BCUT2D eigenvalue weighted by atomic mass is 10.0. The van der Waals surface area contributed by atoms with E-state index in [0.717, 1.165) is 74.0 Å². The van der Waals surface area contributed by atoms with Crippen molar-refractivity contribution in [3.05, 3.63) is 34.7 Å². The minimum Gasteiger partial charge on any atom is -0.494 e. The molecule has 7 nitrogen and oxygen atoms in total. The highest BCUT2D eigenvalue weighted by Gasteiger charge is 2.40. The van der Waals surface area contributed by atoms with Crippen LogP contribution in [0.25, 0.3) is 32.8 Å². The lowest BCUT2D eigenvalue weighted by molar-refractivity contribution is 0.0703. The summed E-state index contributed by atoms with van der Waals surface area (Å²) >= 11 is 1.84. The Morgan fingerprint density at radius 3 is 2.76 bits per heavy atom. The van der Waals surface area contributed by atoms with Crippen molar-refractivity contribution in [2.45, 2.75) is 57.0 Å². The first-order valence-corrected chi connectivity index (χ1v) is 15.0. The molecule has 0 radical (unpaired) electrons. The van der Waals surface area contributed by atoms with Crippen LogP contribution in [-0.4, -0.2) is 57.8 Å². The van der Waals surface area contributed by atoms with Gasteiger partial charge in [-0.05, 0) is 79.5 Å². The first-order valence-electron chi connectivity index (χ1n) is 14.1. The molecule has 1 amide bonds. The van der Waals surface area contributed by atoms with Gasteiger partial charge >= 0.3 is 0 Å². The molecule has 8 rings (SSSR count). The zero-order valence-corrected chi connectivity index (χ0v) is 22.9. The lowest BCUT2D eigenvalue weighted by Gasteiger charge is -2.27. The number of nitrogens with zero attached hydrogens (tertiary/aromatic N) is 4. The molecule has 0 spiro atoms. The Morgan fingerprint density at radius 1 is 1.16 bits per heavy atom. The van der Waals surface area contributed by atoms with Crippen LogP contribution in [0.15, 0.2) is 23.6 Å². The number of benzene rings is 1. The number of amides is 1. The summed E-state index contributed by atoms with van der Waals surface area (Å²) in [5, 5.41) is 2.35. The summed E-state index contributed by atoms with van der Waals surface area (Å²) in [4.78, 5) is 20.8. The van der Waals surface area contributed by atoms with Crippen LogP contribution < -0.4 is 4.74 Å². The lowest BCUT2D eigenvalue weighted by Crippen LogP contribution is -2.37. The molecule has 3 aromatic heterocycles. The molecule has 0 N–H and O–H groups in total. The third kappa shape index (κ3) is 3.49. The molecule has 2 saturated carbocycles. The number of likely N-dealkylation sites (tertiary alicyclic amines) is 1. The predicted octanol–water partition coefficient (Wildman–Crippen LogP) is 5.80. The standard InChI is InChI=1S/C30H34N4O3S/c1-32-28-23(10-20(11-25(28)36-2)30(35)33-14-18-5-6-21(33)9-18)31-29(32)24-12-26-27(34(24)13-17-3-4-17)22(16-38-26)19-7-8-37-15-19/h10-12,16-19,21H,3-9,13-15H2,1-2H3/t18-,19?,21+/m0/s1. The van der Waals surface area contributed by atoms with Crippen LogP contribution in [0.5, 0.6) is 5.75 Å². The quantitative estimate of drug-likeness (QED) is 0.316. The first kappa shape index (κ1) is 23.1. The van der Waals surface area contributed by atoms with E-state index < -0.39 is 0 Å². The Bertz CT molecular complexity index is 1570. The number of thiophene rings is 1. The Hall–Kier alpha value is -2.84. The number of imidazole rings is 1. The molecule has 2 bridgehead atoms. The number of ether oxygens (including phenoxy) is 2. The molecule has 5 heterocycles. The van der Waals surface area contributed by atoms with Crippen LogP contribution in [-0.2, 0) is 18.3 Å². The van der Waals surface area contributed by atoms with Crippen LogP contribution in [0, 0.1) is 11.8 Å². The van der Waals surface area contributed by atoms with Crippen molar-refractivity contribution in [3.63, 3.8) is 0 Å². The topological polar surface area (TPSA) is 61.5 Å². The van der Waals surface area contributed by atoms with Gasteiger partial charge in [-0.2, -0.15) is 0 Å². The summed E-state index contributed by atoms with van der Waals surface area (Å²) in [5.41, 5.74) is 6.40. The van der Waals surface area contributed by atoms with Gasteiger partial charge in [0, 0.05) is 44.3 Å². The minimum atomic E-state index is 0.116. The van der Waals surface area contributed by atoms with Gasteiger partial charge in [0.2, 0.25) is 0 Å². The van der Waals surface area contributed by atoms with Gasteiger partial charge in [-0.25, -0.2) is 4.98 Å². The van der Waals surface area contributed by atoms with Gasteiger partial charge in [-0.3, -0.25) is 4.79 Å². The van der Waals surface area contributed by atoms with Crippen LogP contribution >= 0.6 is 11.3 Å². The number of aryl methyl sites for hydroxylation is 1. The van der Waals surface area contributed by atoms with E-state index in [9.17, 15) is 4.79 Å². The van der Waals surface area contributed by atoms with Crippen LogP contribution in [0.2, 0.25) is 0 Å². The fourth-order valence-corrected chi connectivity index (χ4v) is 8.33. The van der Waals surface area contributed by atoms with Crippen molar-refractivity contribution < 1.29 is 14.3 Å². The minimum absolute atomic E-state index is 0.116. The number of hydrogen-bond donors (Lipinski definition) is 0. The predicted molar refractivity (Wildman–Crippen MR) is 149 cm³/mol. The number of rotatable bonds is 6. The van der Waals surface area contributed by atoms with Crippen molar-refractivity contribution >= 4 is 38.5 Å². The van der Waals surface area contributed by atoms with Gasteiger partial charge in [0.05, 0.1) is 35.1 Å². The second-order valence-electron chi connectivity index (χ2n) is 11.9. The highest BCUT2D eigenvalue weighted by atomic mass is 32.1. The van der Waals surface area contributed by atoms with Crippen molar-refractivity contribution in [2.24, 2.45) is 18.9 Å². The van der Waals surface area contributed by atoms with E-state index >= 15 is 0 Å². The molecule has 8 heteroatoms. The molecule has 2 saturated heterocycles. The number of carbonyl (C=O) groups excluding carboxylic acids is 1. The Labute approximate surface area is 226 Å². The molecule has 38 heavy (non-hydrogen) atoms. The Kier molecular flexibility index (Phi) is 5.21. The highest BCUT2D eigenvalue weighted by Crippen LogP contribution is 2.43. The third-order valence-electron chi connectivity index (χ3n) is 9.46. The van der Waals surface area contributed by atoms with E-state index in [-0.39, 0.29) is 5.91 Å². The number of methoxy groups -OCH3 is 1. The van der Waals surface area contributed by atoms with Crippen molar-refractivity contribution in [2.75, 3.05) is 26.9 Å². The fraction of sp³-hybridized carbons (Fsp3) is 0.533. The third-order valence-corrected chi connectivity index (χ3v) is 10.4. The second kappa shape index (κ2) is 8.58. The van der Waals surface area contributed by atoms with Gasteiger partial charge in [-0.15, -0.1) is 11.3 Å². The van der Waals surface area contributed by atoms with E-state index in [1.54, 1.807) is 7.11 Å². The molecule has 3 atom stereocenters. The summed E-state index contributed by atoms with van der Waals surface area (Å²) in [6, 6.07) is 6.62. The molecular formula is C30H34N4O3S. The molecular weight excluding hydrogens is 496 g/mol. The number of piperidine rings is 1. The number of carbonyl (C=O) groups is 1. The first-order chi connectivity index (χ1) is 18.6. The van der Waals surface area contributed by atoms with Gasteiger partial charge in [0.1, 0.15) is 11.3 Å². The summed E-state index contributed by atoms with van der Waals surface area (Å²) in [7, 11) is 3.76. The zero-order valence-electron chi connectivity index (χ0n) is 22.1. The van der Waals surface area contributed by atoms with Crippen LogP contribution in [0.3, 0.4) is 0 Å². The Balaban J connectivity index is 1.25. The second-order valence-corrected chi connectivity index (χ2v) is 12.8.